The molecule has 2 aliphatic rings. The number of ether oxygens (including phenoxy) is 1. The van der Waals surface area contributed by atoms with Crippen LogP contribution in [0.3, 0.4) is 0 Å². The van der Waals surface area contributed by atoms with E-state index in [0.717, 1.165) is 34.6 Å². The SMILES string of the molecule is Cc1ccc2c(c1)Oc1ccccc1C2NC(=O)CCCCCN1C(=O)C=CC1=O. The zero-order chi connectivity index (χ0) is 21.1. The Morgan fingerprint density at radius 3 is 2.50 bits per heavy atom. The molecule has 30 heavy (non-hydrogen) atoms. The molecule has 3 amide bonds. The summed E-state index contributed by atoms with van der Waals surface area (Å²) >= 11 is 0. The molecule has 0 saturated heterocycles. The second-order valence-corrected chi connectivity index (χ2v) is 7.65. The summed E-state index contributed by atoms with van der Waals surface area (Å²) in [5, 5.41) is 3.15. The highest BCUT2D eigenvalue weighted by molar-refractivity contribution is 6.12. The number of imide groups is 1. The maximum atomic E-state index is 12.6. The van der Waals surface area contributed by atoms with Crippen LogP contribution in [0.1, 0.15) is 48.4 Å². The number of rotatable bonds is 7. The number of aryl methyl sites for hydroxylation is 1. The van der Waals surface area contributed by atoms with E-state index in [4.69, 9.17) is 4.74 Å². The number of carbonyl (C=O) groups excluding carboxylic acids is 3. The van der Waals surface area contributed by atoms with Crippen molar-refractivity contribution in [2.24, 2.45) is 0 Å². The molecular formula is C24H24N2O4. The summed E-state index contributed by atoms with van der Waals surface area (Å²) in [7, 11) is 0. The van der Waals surface area contributed by atoms with Gasteiger partial charge in [0.1, 0.15) is 11.5 Å². The van der Waals surface area contributed by atoms with Crippen LogP contribution in [0.5, 0.6) is 11.5 Å². The highest BCUT2D eigenvalue weighted by Gasteiger charge is 2.28. The summed E-state index contributed by atoms with van der Waals surface area (Å²) in [6, 6.07) is 13.5. The highest BCUT2D eigenvalue weighted by atomic mass is 16.5. The van der Waals surface area contributed by atoms with E-state index in [-0.39, 0.29) is 23.8 Å². The van der Waals surface area contributed by atoms with Gasteiger partial charge in [0.15, 0.2) is 0 Å². The van der Waals surface area contributed by atoms with E-state index in [1.165, 1.54) is 17.1 Å². The molecule has 154 valence electrons. The standard InChI is InChI=1S/C24H24N2O4/c1-16-10-11-18-20(15-16)30-19-8-5-4-7-17(19)24(18)25-21(27)9-3-2-6-14-26-22(28)12-13-23(26)29/h4-5,7-8,10-13,15,24H,2-3,6,9,14H2,1H3,(H,25,27). The summed E-state index contributed by atoms with van der Waals surface area (Å²) in [6.07, 6.45) is 5.13. The van der Waals surface area contributed by atoms with E-state index in [1.54, 1.807) is 0 Å². The van der Waals surface area contributed by atoms with Crippen LogP contribution in [0.4, 0.5) is 0 Å². The topological polar surface area (TPSA) is 75.7 Å². The molecule has 1 N–H and O–H groups in total. The van der Waals surface area contributed by atoms with Gasteiger partial charge in [-0.1, -0.05) is 36.8 Å². The van der Waals surface area contributed by atoms with Crippen molar-refractivity contribution < 1.29 is 19.1 Å². The van der Waals surface area contributed by atoms with E-state index in [9.17, 15) is 14.4 Å². The van der Waals surface area contributed by atoms with Gasteiger partial charge in [0.05, 0.1) is 6.04 Å². The number of nitrogens with zero attached hydrogens (tertiary/aromatic N) is 1. The molecule has 4 rings (SSSR count). The number of hydrogen-bond acceptors (Lipinski definition) is 4. The van der Waals surface area contributed by atoms with Crippen LogP contribution in [0.25, 0.3) is 0 Å². The van der Waals surface area contributed by atoms with Crippen LogP contribution >= 0.6 is 0 Å². The lowest BCUT2D eigenvalue weighted by Gasteiger charge is -2.29. The fraction of sp³-hybridized carbons (Fsp3) is 0.292. The number of para-hydroxylation sites is 1. The molecule has 6 nitrogen and oxygen atoms in total. The molecule has 2 aliphatic heterocycles. The van der Waals surface area contributed by atoms with E-state index in [1.807, 2.05) is 49.4 Å². The first-order chi connectivity index (χ1) is 14.5. The first-order valence-electron chi connectivity index (χ1n) is 10.2. The first-order valence-corrected chi connectivity index (χ1v) is 10.2. The molecule has 0 saturated carbocycles. The molecule has 2 aromatic carbocycles. The van der Waals surface area contributed by atoms with Gasteiger partial charge in [-0.25, -0.2) is 0 Å². The van der Waals surface area contributed by atoms with Crippen molar-refractivity contribution in [3.8, 4) is 11.5 Å². The van der Waals surface area contributed by atoms with Gasteiger partial charge in [-0.3, -0.25) is 19.3 Å². The fourth-order valence-electron chi connectivity index (χ4n) is 3.84. The van der Waals surface area contributed by atoms with Crippen LogP contribution < -0.4 is 10.1 Å². The lowest BCUT2D eigenvalue weighted by atomic mass is 9.93. The minimum atomic E-state index is -0.259. The predicted molar refractivity (Wildman–Crippen MR) is 112 cm³/mol. The van der Waals surface area contributed by atoms with Crippen molar-refractivity contribution in [1.82, 2.24) is 10.2 Å². The third-order valence-corrected chi connectivity index (χ3v) is 5.42. The fourth-order valence-corrected chi connectivity index (χ4v) is 3.84. The molecule has 1 unspecified atom stereocenters. The highest BCUT2D eigenvalue weighted by Crippen LogP contribution is 2.43. The number of unbranched alkanes of at least 4 members (excludes halogenated alkanes) is 2. The van der Waals surface area contributed by atoms with E-state index >= 15 is 0 Å². The number of amides is 3. The van der Waals surface area contributed by atoms with Crippen molar-refractivity contribution in [2.45, 2.75) is 38.6 Å². The Bertz CT molecular complexity index is 1010. The Hall–Kier alpha value is -3.41. The van der Waals surface area contributed by atoms with Crippen molar-refractivity contribution in [1.29, 1.82) is 0 Å². The Morgan fingerprint density at radius 2 is 1.70 bits per heavy atom. The maximum Gasteiger partial charge on any atom is 0.253 e. The third kappa shape index (κ3) is 4.13. The molecule has 0 radical (unpaired) electrons. The predicted octanol–water partition coefficient (Wildman–Crippen LogP) is 3.79. The summed E-state index contributed by atoms with van der Waals surface area (Å²) in [5.74, 6) is 0.981. The van der Waals surface area contributed by atoms with Gasteiger partial charge in [-0.05, 0) is 37.5 Å². The summed E-state index contributed by atoms with van der Waals surface area (Å²) in [4.78, 5) is 37.0. The lowest BCUT2D eigenvalue weighted by Crippen LogP contribution is -2.31. The van der Waals surface area contributed by atoms with Gasteiger partial charge in [0.25, 0.3) is 11.8 Å². The average molecular weight is 404 g/mol. The van der Waals surface area contributed by atoms with Crippen LogP contribution in [-0.2, 0) is 14.4 Å². The van der Waals surface area contributed by atoms with Crippen molar-refractivity contribution in [3.63, 3.8) is 0 Å². The van der Waals surface area contributed by atoms with Crippen LogP contribution in [0.15, 0.2) is 54.6 Å². The van der Waals surface area contributed by atoms with E-state index in [0.29, 0.717) is 25.8 Å². The van der Waals surface area contributed by atoms with Crippen molar-refractivity contribution in [3.05, 3.63) is 71.3 Å². The number of carbonyl (C=O) groups is 3. The summed E-state index contributed by atoms with van der Waals surface area (Å²) in [5.41, 5.74) is 3.00. The maximum absolute atomic E-state index is 12.6. The number of benzene rings is 2. The van der Waals surface area contributed by atoms with Gasteiger partial charge in [-0.2, -0.15) is 0 Å². The van der Waals surface area contributed by atoms with Crippen LogP contribution in [0.2, 0.25) is 0 Å². The normalized spacial score (nSPS) is 16.8. The Morgan fingerprint density at radius 1 is 0.967 bits per heavy atom. The molecule has 1 atom stereocenters. The number of fused-ring (bicyclic) bond motifs is 2. The summed E-state index contributed by atoms with van der Waals surface area (Å²) in [6.45, 7) is 2.41. The van der Waals surface area contributed by atoms with Gasteiger partial charge >= 0.3 is 0 Å². The van der Waals surface area contributed by atoms with Crippen LogP contribution in [0, 0.1) is 6.92 Å². The Labute approximate surface area is 175 Å². The smallest absolute Gasteiger partial charge is 0.253 e. The largest absolute Gasteiger partial charge is 0.457 e. The third-order valence-electron chi connectivity index (χ3n) is 5.42. The molecule has 6 heteroatoms. The molecule has 0 fully saturated rings. The summed E-state index contributed by atoms with van der Waals surface area (Å²) < 4.78 is 6.03. The van der Waals surface area contributed by atoms with Gasteiger partial charge in [0, 0.05) is 36.2 Å². The molecule has 0 aromatic heterocycles. The molecule has 2 aromatic rings. The molecule has 0 bridgehead atoms. The minimum Gasteiger partial charge on any atom is -0.457 e. The number of nitrogens with one attached hydrogen (secondary N) is 1. The zero-order valence-corrected chi connectivity index (χ0v) is 16.9. The first kappa shape index (κ1) is 19.9. The quantitative estimate of drug-likeness (QED) is 0.563. The molecule has 2 heterocycles. The number of hydrogen-bond donors (Lipinski definition) is 1. The second kappa shape index (κ2) is 8.53. The van der Waals surface area contributed by atoms with Crippen molar-refractivity contribution >= 4 is 17.7 Å². The molecule has 0 spiro atoms. The van der Waals surface area contributed by atoms with Crippen LogP contribution in [-0.4, -0.2) is 29.2 Å². The Balaban J connectivity index is 1.33. The van der Waals surface area contributed by atoms with Gasteiger partial charge in [0.2, 0.25) is 5.91 Å². The van der Waals surface area contributed by atoms with Gasteiger partial charge in [-0.15, -0.1) is 0 Å². The van der Waals surface area contributed by atoms with Gasteiger partial charge < -0.3 is 10.1 Å². The lowest BCUT2D eigenvalue weighted by molar-refractivity contribution is -0.137. The zero-order valence-electron chi connectivity index (χ0n) is 16.9. The van der Waals surface area contributed by atoms with E-state index < -0.39 is 0 Å². The Kier molecular flexibility index (Phi) is 5.65. The average Bonchev–Trinajstić information content (AvgIpc) is 3.05. The molecule has 0 aliphatic carbocycles. The van der Waals surface area contributed by atoms with E-state index in [2.05, 4.69) is 5.32 Å². The monoisotopic (exact) mass is 404 g/mol. The van der Waals surface area contributed by atoms with Crippen molar-refractivity contribution in [2.75, 3.05) is 6.54 Å². The second-order valence-electron chi connectivity index (χ2n) is 7.65. The molecular weight excluding hydrogens is 380 g/mol. The minimum absolute atomic E-state index is 0.0294.